The largest absolute Gasteiger partial charge is 0.355 e. The summed E-state index contributed by atoms with van der Waals surface area (Å²) in [5.41, 5.74) is 0. The van der Waals surface area contributed by atoms with Gasteiger partial charge in [0.1, 0.15) is 3.74 Å². The van der Waals surface area contributed by atoms with E-state index in [1.165, 1.54) is 0 Å². The maximum Gasteiger partial charge on any atom is 0.244 e. The second kappa shape index (κ2) is 4.32. The highest BCUT2D eigenvalue weighted by atomic mass is 79.9. The molecule has 1 amide bonds. The zero-order chi connectivity index (χ0) is 6.57. The highest BCUT2D eigenvalue weighted by Gasteiger charge is 2.06. The summed E-state index contributed by atoms with van der Waals surface area (Å²) in [4.78, 5) is 10.5. The van der Waals surface area contributed by atoms with Gasteiger partial charge in [0.2, 0.25) is 5.91 Å². The number of amides is 1. The van der Waals surface area contributed by atoms with E-state index in [1.807, 2.05) is 6.92 Å². The van der Waals surface area contributed by atoms with Crippen molar-refractivity contribution in [2.45, 2.75) is 10.7 Å². The number of nitrogens with one attached hydrogen (secondary N) is 1. The maximum atomic E-state index is 10.5. The Morgan fingerprint density at radius 1 is 1.75 bits per heavy atom. The lowest BCUT2D eigenvalue weighted by molar-refractivity contribution is -0.118. The molecule has 0 unspecified atom stereocenters. The van der Waals surface area contributed by atoms with Gasteiger partial charge in [0.15, 0.2) is 0 Å². The Kier molecular flexibility index (Phi) is 4.56. The number of rotatable bonds is 2. The molecule has 0 atom stereocenters. The van der Waals surface area contributed by atoms with E-state index in [-0.39, 0.29) is 9.64 Å². The molecule has 0 saturated carbocycles. The van der Waals surface area contributed by atoms with E-state index in [0.29, 0.717) is 6.54 Å². The van der Waals surface area contributed by atoms with E-state index in [1.54, 1.807) is 0 Å². The Bertz CT molecular complexity index is 84.1. The standard InChI is InChI=1S/C4H7Br2NO/c1-2-7-4(8)3(5)6/h3H,2H2,1H3,(H,7,8). The summed E-state index contributed by atoms with van der Waals surface area (Å²) in [6.45, 7) is 2.55. The van der Waals surface area contributed by atoms with E-state index >= 15 is 0 Å². The van der Waals surface area contributed by atoms with Gasteiger partial charge in [-0.05, 0) is 6.92 Å². The van der Waals surface area contributed by atoms with Crippen LogP contribution in [0, 0.1) is 0 Å². The van der Waals surface area contributed by atoms with Crippen LogP contribution in [-0.2, 0) is 4.79 Å². The van der Waals surface area contributed by atoms with Gasteiger partial charge < -0.3 is 5.32 Å². The monoisotopic (exact) mass is 243 g/mol. The van der Waals surface area contributed by atoms with Crippen LogP contribution in [0.2, 0.25) is 0 Å². The molecule has 0 spiro atoms. The summed E-state index contributed by atoms with van der Waals surface area (Å²) in [7, 11) is 0. The van der Waals surface area contributed by atoms with Gasteiger partial charge in [-0.15, -0.1) is 0 Å². The Labute approximate surface area is 65.3 Å². The van der Waals surface area contributed by atoms with Gasteiger partial charge >= 0.3 is 0 Å². The summed E-state index contributed by atoms with van der Waals surface area (Å²) in [5, 5.41) is 2.61. The molecule has 8 heavy (non-hydrogen) atoms. The molecule has 2 nitrogen and oxygen atoms in total. The van der Waals surface area contributed by atoms with Crippen molar-refractivity contribution in [3.63, 3.8) is 0 Å². The Morgan fingerprint density at radius 2 is 2.25 bits per heavy atom. The third kappa shape index (κ3) is 3.43. The van der Waals surface area contributed by atoms with Gasteiger partial charge in [-0.1, -0.05) is 31.9 Å². The molecule has 0 heterocycles. The fourth-order valence-corrected chi connectivity index (χ4v) is 0.575. The topological polar surface area (TPSA) is 29.1 Å². The molecular weight excluding hydrogens is 238 g/mol. The predicted octanol–water partition coefficient (Wildman–Crippen LogP) is 1.24. The van der Waals surface area contributed by atoms with Crippen molar-refractivity contribution in [2.24, 2.45) is 0 Å². The average Bonchev–Trinajstić information content (AvgIpc) is 1.67. The van der Waals surface area contributed by atoms with Gasteiger partial charge in [0, 0.05) is 6.54 Å². The molecule has 0 bridgehead atoms. The van der Waals surface area contributed by atoms with Crippen molar-refractivity contribution < 1.29 is 4.79 Å². The van der Waals surface area contributed by atoms with Gasteiger partial charge in [0.05, 0.1) is 0 Å². The zero-order valence-corrected chi connectivity index (χ0v) is 7.62. The van der Waals surface area contributed by atoms with Crippen LogP contribution in [-0.4, -0.2) is 16.2 Å². The first-order valence-corrected chi connectivity index (χ1v) is 4.07. The first-order chi connectivity index (χ1) is 3.68. The number of carbonyl (C=O) groups excluding carboxylic acids is 1. The summed E-state index contributed by atoms with van der Waals surface area (Å²) >= 11 is 6.09. The molecular formula is C4H7Br2NO. The molecule has 0 aromatic heterocycles. The van der Waals surface area contributed by atoms with Crippen molar-refractivity contribution >= 4 is 37.8 Å². The molecule has 0 saturated heterocycles. The molecule has 0 aromatic carbocycles. The fraction of sp³-hybridized carbons (Fsp3) is 0.750. The van der Waals surface area contributed by atoms with Crippen molar-refractivity contribution in [3.8, 4) is 0 Å². The summed E-state index contributed by atoms with van der Waals surface area (Å²) in [6, 6.07) is 0. The van der Waals surface area contributed by atoms with E-state index in [9.17, 15) is 4.79 Å². The molecule has 0 radical (unpaired) electrons. The first kappa shape index (κ1) is 8.43. The molecule has 0 fully saturated rings. The van der Waals surface area contributed by atoms with E-state index < -0.39 is 0 Å². The number of hydrogen-bond acceptors (Lipinski definition) is 1. The molecule has 0 aliphatic rings. The minimum Gasteiger partial charge on any atom is -0.355 e. The molecule has 1 N–H and O–H groups in total. The number of halogens is 2. The summed E-state index contributed by atoms with van der Waals surface area (Å²) < 4.78 is -0.255. The van der Waals surface area contributed by atoms with Crippen LogP contribution < -0.4 is 5.32 Å². The summed E-state index contributed by atoms with van der Waals surface area (Å²) in [6.07, 6.45) is 0. The van der Waals surface area contributed by atoms with Crippen molar-refractivity contribution in [1.82, 2.24) is 5.32 Å². The molecule has 0 rings (SSSR count). The fourth-order valence-electron chi connectivity index (χ4n) is 0.251. The second-order valence-electron chi connectivity index (χ2n) is 1.20. The summed E-state index contributed by atoms with van der Waals surface area (Å²) in [5.74, 6) is -0.0347. The predicted molar refractivity (Wildman–Crippen MR) is 40.3 cm³/mol. The van der Waals surface area contributed by atoms with Gasteiger partial charge in [0.25, 0.3) is 0 Å². The van der Waals surface area contributed by atoms with Crippen LogP contribution in [0.4, 0.5) is 0 Å². The average molecular weight is 245 g/mol. The van der Waals surface area contributed by atoms with Gasteiger partial charge in [-0.3, -0.25) is 4.79 Å². The van der Waals surface area contributed by atoms with E-state index in [4.69, 9.17) is 0 Å². The number of alkyl halides is 2. The van der Waals surface area contributed by atoms with E-state index in [0.717, 1.165) is 0 Å². The Hall–Kier alpha value is 0.430. The van der Waals surface area contributed by atoms with Crippen LogP contribution in [0.25, 0.3) is 0 Å². The van der Waals surface area contributed by atoms with Crippen LogP contribution in [0.15, 0.2) is 0 Å². The Morgan fingerprint density at radius 3 is 2.38 bits per heavy atom. The highest BCUT2D eigenvalue weighted by Crippen LogP contribution is 2.06. The van der Waals surface area contributed by atoms with Crippen LogP contribution in [0.1, 0.15) is 6.92 Å². The smallest absolute Gasteiger partial charge is 0.244 e. The molecule has 48 valence electrons. The van der Waals surface area contributed by atoms with Crippen LogP contribution in [0.5, 0.6) is 0 Å². The van der Waals surface area contributed by atoms with E-state index in [2.05, 4.69) is 37.2 Å². The minimum absolute atomic E-state index is 0.0347. The lowest BCUT2D eigenvalue weighted by atomic mass is 10.6. The van der Waals surface area contributed by atoms with Crippen molar-refractivity contribution in [2.75, 3.05) is 6.54 Å². The highest BCUT2D eigenvalue weighted by molar-refractivity contribution is 9.25. The van der Waals surface area contributed by atoms with Crippen LogP contribution in [0.3, 0.4) is 0 Å². The third-order valence-corrected chi connectivity index (χ3v) is 1.38. The molecule has 0 aromatic rings. The number of carbonyl (C=O) groups is 1. The minimum atomic E-state index is -0.255. The van der Waals surface area contributed by atoms with Crippen molar-refractivity contribution in [3.05, 3.63) is 0 Å². The lowest BCUT2D eigenvalue weighted by Gasteiger charge is -1.99. The van der Waals surface area contributed by atoms with Crippen LogP contribution >= 0.6 is 31.9 Å². The zero-order valence-electron chi connectivity index (χ0n) is 4.45. The molecule has 0 aliphatic heterocycles. The second-order valence-corrected chi connectivity index (χ2v) is 4.26. The van der Waals surface area contributed by atoms with Gasteiger partial charge in [-0.25, -0.2) is 0 Å². The quantitative estimate of drug-likeness (QED) is 0.728. The van der Waals surface area contributed by atoms with Gasteiger partial charge in [-0.2, -0.15) is 0 Å². The normalized spacial score (nSPS) is 9.50. The molecule has 0 aliphatic carbocycles. The molecule has 4 heteroatoms. The SMILES string of the molecule is CCNC(=O)C(Br)Br. The Balaban J connectivity index is 3.33. The number of hydrogen-bond donors (Lipinski definition) is 1. The third-order valence-electron chi connectivity index (χ3n) is 0.549. The van der Waals surface area contributed by atoms with Crippen molar-refractivity contribution in [1.29, 1.82) is 0 Å². The lowest BCUT2D eigenvalue weighted by Crippen LogP contribution is -2.27. The maximum absolute atomic E-state index is 10.5. The first-order valence-electron chi connectivity index (χ1n) is 2.24.